The van der Waals surface area contributed by atoms with Gasteiger partial charge in [-0.05, 0) is 70.6 Å². The lowest BCUT2D eigenvalue weighted by Crippen LogP contribution is -2.39. The van der Waals surface area contributed by atoms with Gasteiger partial charge in [-0.3, -0.25) is 4.79 Å². The summed E-state index contributed by atoms with van der Waals surface area (Å²) in [6.45, 7) is 3.66. The van der Waals surface area contributed by atoms with Gasteiger partial charge in [-0.1, -0.05) is 0 Å². The maximum atomic E-state index is 12.2. The van der Waals surface area contributed by atoms with Gasteiger partial charge in [0.15, 0.2) is 0 Å². The van der Waals surface area contributed by atoms with E-state index in [-0.39, 0.29) is 5.91 Å². The molecule has 0 bridgehead atoms. The second-order valence-electron chi connectivity index (χ2n) is 4.60. The van der Waals surface area contributed by atoms with Crippen LogP contribution in [-0.4, -0.2) is 35.1 Å². The van der Waals surface area contributed by atoms with E-state index in [1.54, 1.807) is 20.9 Å². The van der Waals surface area contributed by atoms with Crippen molar-refractivity contribution < 1.29 is 9.90 Å². The molecule has 0 saturated carbocycles. The normalized spacial score (nSPS) is 11.4. The molecule has 0 unspecified atom stereocenters. The molecule has 0 aromatic heterocycles. The Morgan fingerprint density at radius 1 is 1.53 bits per heavy atom. The first-order valence-electron chi connectivity index (χ1n) is 5.13. The third kappa shape index (κ3) is 4.56. The highest BCUT2D eigenvalue weighted by Crippen LogP contribution is 2.21. The number of hydrogen-bond donors (Lipinski definition) is 1. The van der Waals surface area contributed by atoms with Gasteiger partial charge >= 0.3 is 0 Å². The molecule has 1 rings (SSSR count). The zero-order valence-corrected chi connectivity index (χ0v) is 13.7. The molecule has 1 aromatic carbocycles. The Labute approximate surface area is 123 Å². The average molecular weight is 412 g/mol. The minimum absolute atomic E-state index is 0.0995. The highest BCUT2D eigenvalue weighted by atomic mass is 127. The molecule has 1 N–H and O–H groups in total. The SMILES string of the molecule is CN(CC(C)(C)O)C(=O)c1cc(I)ccc1Br. The first kappa shape index (κ1) is 14.9. The molecule has 0 heterocycles. The Morgan fingerprint density at radius 2 is 2.12 bits per heavy atom. The van der Waals surface area contributed by atoms with Crippen molar-refractivity contribution in [3.63, 3.8) is 0 Å². The van der Waals surface area contributed by atoms with Crippen LogP contribution < -0.4 is 0 Å². The Kier molecular flexibility index (Phi) is 4.97. The third-order valence-corrected chi connectivity index (χ3v) is 3.49. The Bertz CT molecular complexity index is 429. The molecule has 3 nitrogen and oxygen atoms in total. The van der Waals surface area contributed by atoms with Gasteiger partial charge in [-0.2, -0.15) is 0 Å². The maximum absolute atomic E-state index is 12.2. The number of benzene rings is 1. The highest BCUT2D eigenvalue weighted by molar-refractivity contribution is 14.1. The van der Waals surface area contributed by atoms with Gasteiger partial charge in [-0.15, -0.1) is 0 Å². The van der Waals surface area contributed by atoms with E-state index < -0.39 is 5.60 Å². The smallest absolute Gasteiger partial charge is 0.254 e. The lowest BCUT2D eigenvalue weighted by atomic mass is 10.1. The molecule has 0 fully saturated rings. The fourth-order valence-electron chi connectivity index (χ4n) is 1.52. The number of amides is 1. The summed E-state index contributed by atoms with van der Waals surface area (Å²) in [7, 11) is 1.69. The van der Waals surface area contributed by atoms with E-state index in [1.165, 1.54) is 4.90 Å². The molecule has 0 atom stereocenters. The monoisotopic (exact) mass is 411 g/mol. The summed E-state index contributed by atoms with van der Waals surface area (Å²) in [5.41, 5.74) is -0.276. The van der Waals surface area contributed by atoms with Gasteiger partial charge in [0.2, 0.25) is 0 Å². The topological polar surface area (TPSA) is 40.5 Å². The lowest BCUT2D eigenvalue weighted by Gasteiger charge is -2.26. The third-order valence-electron chi connectivity index (χ3n) is 2.13. The highest BCUT2D eigenvalue weighted by Gasteiger charge is 2.21. The van der Waals surface area contributed by atoms with Crippen molar-refractivity contribution in [2.24, 2.45) is 0 Å². The number of halogens is 2. The lowest BCUT2D eigenvalue weighted by molar-refractivity contribution is 0.0367. The van der Waals surface area contributed by atoms with E-state index in [4.69, 9.17) is 0 Å². The van der Waals surface area contributed by atoms with E-state index in [0.717, 1.165) is 8.04 Å². The van der Waals surface area contributed by atoms with Gasteiger partial charge in [-0.25, -0.2) is 0 Å². The van der Waals surface area contributed by atoms with Crippen LogP contribution in [0.1, 0.15) is 24.2 Å². The average Bonchev–Trinajstić information content (AvgIpc) is 2.18. The van der Waals surface area contributed by atoms with E-state index in [9.17, 15) is 9.90 Å². The summed E-state index contributed by atoms with van der Waals surface area (Å²) in [5, 5.41) is 9.70. The van der Waals surface area contributed by atoms with E-state index in [1.807, 2.05) is 18.2 Å². The number of carbonyl (C=O) groups excluding carboxylic acids is 1. The predicted molar refractivity (Wildman–Crippen MR) is 80.1 cm³/mol. The van der Waals surface area contributed by atoms with Gasteiger partial charge < -0.3 is 10.0 Å². The Hall–Kier alpha value is -0.140. The van der Waals surface area contributed by atoms with E-state index >= 15 is 0 Å². The van der Waals surface area contributed by atoms with Crippen molar-refractivity contribution in [3.05, 3.63) is 31.8 Å². The molecular weight excluding hydrogens is 397 g/mol. The predicted octanol–water partition coefficient (Wildman–Crippen LogP) is 2.90. The summed E-state index contributed by atoms with van der Waals surface area (Å²) in [6, 6.07) is 5.61. The standard InChI is InChI=1S/C12H15BrINO2/c1-12(2,17)7-15(3)11(16)9-6-8(14)4-5-10(9)13/h4-6,17H,7H2,1-3H3. The zero-order valence-electron chi connectivity index (χ0n) is 10.00. The summed E-state index contributed by atoms with van der Waals surface area (Å²) < 4.78 is 1.77. The first-order chi connectivity index (χ1) is 7.70. The van der Waals surface area contributed by atoms with Crippen LogP contribution in [0.15, 0.2) is 22.7 Å². The molecule has 94 valence electrons. The summed E-state index contributed by atoms with van der Waals surface area (Å²) >= 11 is 5.53. The van der Waals surface area contributed by atoms with Crippen molar-refractivity contribution in [3.8, 4) is 0 Å². The van der Waals surface area contributed by atoms with Gasteiger partial charge in [0.25, 0.3) is 5.91 Å². The largest absolute Gasteiger partial charge is 0.389 e. The number of rotatable bonds is 3. The fourth-order valence-corrected chi connectivity index (χ4v) is 2.43. The Morgan fingerprint density at radius 3 is 2.65 bits per heavy atom. The molecule has 1 aromatic rings. The molecule has 0 spiro atoms. The van der Waals surface area contributed by atoms with Gasteiger partial charge in [0, 0.05) is 21.6 Å². The van der Waals surface area contributed by atoms with E-state index in [0.29, 0.717) is 12.1 Å². The molecule has 17 heavy (non-hydrogen) atoms. The quantitative estimate of drug-likeness (QED) is 0.777. The van der Waals surface area contributed by atoms with Crippen LogP contribution in [0.2, 0.25) is 0 Å². The molecule has 5 heteroatoms. The zero-order chi connectivity index (χ0) is 13.2. The molecule has 1 amide bonds. The minimum Gasteiger partial charge on any atom is -0.389 e. The summed E-state index contributed by atoms with van der Waals surface area (Å²) in [6.07, 6.45) is 0. The Balaban J connectivity index is 2.93. The van der Waals surface area contributed by atoms with Crippen LogP contribution >= 0.6 is 38.5 Å². The van der Waals surface area contributed by atoms with Crippen LogP contribution in [0.3, 0.4) is 0 Å². The van der Waals surface area contributed by atoms with Crippen molar-refractivity contribution >= 4 is 44.4 Å². The summed E-state index contributed by atoms with van der Waals surface area (Å²) in [4.78, 5) is 13.7. The van der Waals surface area contributed by atoms with Crippen LogP contribution in [0, 0.1) is 3.57 Å². The second-order valence-corrected chi connectivity index (χ2v) is 6.70. The van der Waals surface area contributed by atoms with Crippen LogP contribution in [0.4, 0.5) is 0 Å². The van der Waals surface area contributed by atoms with Gasteiger partial charge in [0.1, 0.15) is 0 Å². The van der Waals surface area contributed by atoms with Crippen LogP contribution in [0.5, 0.6) is 0 Å². The van der Waals surface area contributed by atoms with Crippen molar-refractivity contribution in [2.75, 3.05) is 13.6 Å². The molecule has 0 saturated heterocycles. The maximum Gasteiger partial charge on any atom is 0.254 e. The molecule has 0 aliphatic rings. The fraction of sp³-hybridized carbons (Fsp3) is 0.417. The number of aliphatic hydroxyl groups is 1. The van der Waals surface area contributed by atoms with Crippen LogP contribution in [-0.2, 0) is 0 Å². The number of carbonyl (C=O) groups is 1. The first-order valence-corrected chi connectivity index (χ1v) is 7.01. The molecule has 0 aliphatic carbocycles. The van der Waals surface area contributed by atoms with E-state index in [2.05, 4.69) is 38.5 Å². The van der Waals surface area contributed by atoms with Crippen molar-refractivity contribution in [1.82, 2.24) is 4.90 Å². The number of likely N-dealkylation sites (N-methyl/N-ethyl adjacent to an activating group) is 1. The minimum atomic E-state index is -0.890. The number of nitrogens with zero attached hydrogens (tertiary/aromatic N) is 1. The number of hydrogen-bond acceptors (Lipinski definition) is 2. The van der Waals surface area contributed by atoms with Crippen LogP contribution in [0.25, 0.3) is 0 Å². The summed E-state index contributed by atoms with van der Waals surface area (Å²) in [5.74, 6) is -0.0995. The van der Waals surface area contributed by atoms with Gasteiger partial charge in [0.05, 0.1) is 11.2 Å². The molecular formula is C12H15BrINO2. The molecule has 0 radical (unpaired) electrons. The van der Waals surface area contributed by atoms with Crippen molar-refractivity contribution in [2.45, 2.75) is 19.4 Å². The van der Waals surface area contributed by atoms with Crippen molar-refractivity contribution in [1.29, 1.82) is 0 Å². The second kappa shape index (κ2) is 5.67. The molecule has 0 aliphatic heterocycles.